The molecular weight excluding hydrogens is 364 g/mol. The van der Waals surface area contributed by atoms with E-state index in [1.54, 1.807) is 20.2 Å². The van der Waals surface area contributed by atoms with Gasteiger partial charge < -0.3 is 19.4 Å². The molecule has 0 bridgehead atoms. The third-order valence-electron chi connectivity index (χ3n) is 3.04. The fourth-order valence-corrected chi connectivity index (χ4v) is 2.49. The van der Waals surface area contributed by atoms with Crippen LogP contribution in [0.2, 0.25) is 0 Å². The summed E-state index contributed by atoms with van der Waals surface area (Å²) in [6, 6.07) is 0. The smallest absolute Gasteiger partial charge is 0.410 e. The first-order valence-electron chi connectivity index (χ1n) is 7.62. The first-order chi connectivity index (χ1) is 10.7. The third kappa shape index (κ3) is 6.25. The number of nitrogens with one attached hydrogen (secondary N) is 1. The van der Waals surface area contributed by atoms with Crippen molar-refractivity contribution in [3.05, 3.63) is 21.9 Å². The highest BCUT2D eigenvalue weighted by atomic mass is 79.9. The molecule has 1 amide bonds. The van der Waals surface area contributed by atoms with Gasteiger partial charge in [-0.1, -0.05) is 0 Å². The van der Waals surface area contributed by atoms with Gasteiger partial charge in [0.1, 0.15) is 11.3 Å². The number of ether oxygens (including phenoxy) is 2. The number of esters is 1. The van der Waals surface area contributed by atoms with E-state index in [2.05, 4.69) is 20.9 Å². The first kappa shape index (κ1) is 19.5. The van der Waals surface area contributed by atoms with Gasteiger partial charge in [-0.05, 0) is 62.0 Å². The van der Waals surface area contributed by atoms with E-state index in [1.165, 1.54) is 4.90 Å². The van der Waals surface area contributed by atoms with Crippen molar-refractivity contribution >= 4 is 28.0 Å². The monoisotopic (exact) mass is 388 g/mol. The molecule has 0 aliphatic rings. The number of carbonyl (C=O) groups is 2. The number of H-pyrrole nitrogens is 1. The third-order valence-corrected chi connectivity index (χ3v) is 3.75. The average Bonchev–Trinajstić information content (AvgIpc) is 2.78. The second-order valence-corrected chi connectivity index (χ2v) is 7.07. The lowest BCUT2D eigenvalue weighted by molar-refractivity contribution is 0.0296. The lowest BCUT2D eigenvalue weighted by Crippen LogP contribution is -2.34. The summed E-state index contributed by atoms with van der Waals surface area (Å²) < 4.78 is 11.2. The minimum Gasteiger partial charge on any atom is -0.461 e. The van der Waals surface area contributed by atoms with Crippen molar-refractivity contribution < 1.29 is 19.1 Å². The fraction of sp³-hybridized carbons (Fsp3) is 0.625. The maximum Gasteiger partial charge on any atom is 0.410 e. The number of aromatic amines is 1. The van der Waals surface area contributed by atoms with Crippen molar-refractivity contribution in [2.45, 2.75) is 46.1 Å². The van der Waals surface area contributed by atoms with Crippen LogP contribution in [0.25, 0.3) is 0 Å². The molecule has 0 aliphatic carbocycles. The van der Waals surface area contributed by atoms with Crippen molar-refractivity contribution in [2.75, 3.05) is 20.2 Å². The van der Waals surface area contributed by atoms with Crippen LogP contribution in [0.5, 0.6) is 0 Å². The van der Waals surface area contributed by atoms with E-state index in [4.69, 9.17) is 9.47 Å². The number of nitrogens with zero attached hydrogens (tertiary/aromatic N) is 1. The summed E-state index contributed by atoms with van der Waals surface area (Å²) in [5.74, 6) is -0.367. The highest BCUT2D eigenvalue weighted by Crippen LogP contribution is 2.23. The van der Waals surface area contributed by atoms with Gasteiger partial charge in [0.2, 0.25) is 0 Å². The molecule has 0 unspecified atom stereocenters. The van der Waals surface area contributed by atoms with Crippen molar-refractivity contribution in [2.24, 2.45) is 0 Å². The van der Waals surface area contributed by atoms with Gasteiger partial charge >= 0.3 is 12.1 Å². The molecule has 0 saturated carbocycles. The van der Waals surface area contributed by atoms with E-state index in [-0.39, 0.29) is 12.1 Å². The van der Waals surface area contributed by atoms with Gasteiger partial charge in [-0.3, -0.25) is 0 Å². The van der Waals surface area contributed by atoms with Gasteiger partial charge in [0.05, 0.1) is 6.61 Å². The van der Waals surface area contributed by atoms with Crippen LogP contribution in [0.1, 0.15) is 50.2 Å². The van der Waals surface area contributed by atoms with E-state index >= 15 is 0 Å². The second-order valence-electron chi connectivity index (χ2n) is 6.22. The zero-order valence-corrected chi connectivity index (χ0v) is 15.9. The summed E-state index contributed by atoms with van der Waals surface area (Å²) in [6.45, 7) is 8.14. The normalized spacial score (nSPS) is 11.2. The van der Waals surface area contributed by atoms with Crippen LogP contribution in [-0.2, 0) is 15.9 Å². The van der Waals surface area contributed by atoms with E-state index in [0.717, 1.165) is 10.0 Å². The summed E-state index contributed by atoms with van der Waals surface area (Å²) in [6.07, 6.45) is 2.72. The number of hydrogen-bond donors (Lipinski definition) is 1. The molecule has 1 aromatic heterocycles. The molecule has 0 atom stereocenters. The summed E-state index contributed by atoms with van der Waals surface area (Å²) in [5, 5.41) is 0. The van der Waals surface area contributed by atoms with Crippen molar-refractivity contribution in [3.8, 4) is 0 Å². The molecule has 0 aromatic carbocycles. The van der Waals surface area contributed by atoms with Crippen molar-refractivity contribution in [1.82, 2.24) is 9.88 Å². The lowest BCUT2D eigenvalue weighted by Gasteiger charge is -2.24. The minimum atomic E-state index is -0.508. The van der Waals surface area contributed by atoms with Gasteiger partial charge in [-0.2, -0.15) is 0 Å². The number of amides is 1. The summed E-state index contributed by atoms with van der Waals surface area (Å²) in [5.41, 5.74) is 0.811. The summed E-state index contributed by atoms with van der Waals surface area (Å²) in [7, 11) is 1.70. The molecule has 6 nitrogen and oxygen atoms in total. The Hall–Kier alpha value is -1.50. The van der Waals surface area contributed by atoms with Crippen LogP contribution in [0.15, 0.2) is 10.7 Å². The molecular formula is C16H25BrN2O4. The Labute approximate surface area is 145 Å². The van der Waals surface area contributed by atoms with Gasteiger partial charge in [0, 0.05) is 24.3 Å². The Morgan fingerprint density at radius 1 is 1.35 bits per heavy atom. The minimum absolute atomic E-state index is 0.330. The van der Waals surface area contributed by atoms with Gasteiger partial charge in [0.25, 0.3) is 0 Å². The molecule has 7 heteroatoms. The molecule has 0 fully saturated rings. The topological polar surface area (TPSA) is 71.6 Å². The maximum absolute atomic E-state index is 11.9. The molecule has 0 aliphatic heterocycles. The van der Waals surface area contributed by atoms with Crippen LogP contribution >= 0.6 is 15.9 Å². The molecule has 23 heavy (non-hydrogen) atoms. The second kappa shape index (κ2) is 8.38. The van der Waals surface area contributed by atoms with Gasteiger partial charge in [-0.15, -0.1) is 0 Å². The van der Waals surface area contributed by atoms with Crippen LogP contribution in [0, 0.1) is 0 Å². The predicted molar refractivity (Wildman–Crippen MR) is 91.6 cm³/mol. The Morgan fingerprint density at radius 2 is 2.00 bits per heavy atom. The first-order valence-corrected chi connectivity index (χ1v) is 8.42. The zero-order valence-electron chi connectivity index (χ0n) is 14.4. The molecule has 1 aromatic rings. The van der Waals surface area contributed by atoms with Gasteiger partial charge in [-0.25, -0.2) is 9.59 Å². The molecule has 0 spiro atoms. The van der Waals surface area contributed by atoms with Crippen molar-refractivity contribution in [3.63, 3.8) is 0 Å². The lowest BCUT2D eigenvalue weighted by atomic mass is 10.1. The van der Waals surface area contributed by atoms with Gasteiger partial charge in [0.15, 0.2) is 0 Å². The predicted octanol–water partition coefficient (Wildman–Crippen LogP) is 3.75. The number of hydrogen-bond acceptors (Lipinski definition) is 4. The largest absolute Gasteiger partial charge is 0.461 e. The molecule has 1 heterocycles. The van der Waals surface area contributed by atoms with Crippen molar-refractivity contribution in [1.29, 1.82) is 0 Å². The Bertz CT molecular complexity index is 549. The Kier molecular flexibility index (Phi) is 7.12. The van der Waals surface area contributed by atoms with Crippen LogP contribution in [0.4, 0.5) is 4.79 Å². The molecule has 0 radical (unpaired) electrons. The molecule has 130 valence electrons. The van der Waals surface area contributed by atoms with Crippen LogP contribution in [-0.4, -0.2) is 47.7 Å². The SMILES string of the molecule is CCOC(=O)c1[nH]cc(Br)c1CCCN(C)C(=O)OC(C)(C)C. The zero-order chi connectivity index (χ0) is 17.6. The van der Waals surface area contributed by atoms with E-state index in [1.807, 2.05) is 20.8 Å². The Morgan fingerprint density at radius 3 is 2.57 bits per heavy atom. The quantitative estimate of drug-likeness (QED) is 0.753. The van der Waals surface area contributed by atoms with E-state index in [0.29, 0.717) is 31.7 Å². The molecule has 0 saturated heterocycles. The van der Waals surface area contributed by atoms with Crippen LogP contribution < -0.4 is 0 Å². The number of rotatable bonds is 6. The van der Waals surface area contributed by atoms with E-state index < -0.39 is 5.60 Å². The fourth-order valence-electron chi connectivity index (χ4n) is 1.98. The Balaban J connectivity index is 2.57. The number of carbonyl (C=O) groups excluding carboxylic acids is 2. The average molecular weight is 389 g/mol. The van der Waals surface area contributed by atoms with Crippen LogP contribution in [0.3, 0.4) is 0 Å². The molecule has 1 rings (SSSR count). The number of aromatic nitrogens is 1. The summed E-state index contributed by atoms with van der Waals surface area (Å²) >= 11 is 3.43. The highest BCUT2D eigenvalue weighted by Gasteiger charge is 2.20. The summed E-state index contributed by atoms with van der Waals surface area (Å²) in [4.78, 5) is 28.2. The molecule has 1 N–H and O–H groups in total. The number of halogens is 1. The van der Waals surface area contributed by atoms with E-state index in [9.17, 15) is 9.59 Å². The standard InChI is InChI=1S/C16H25BrN2O4/c1-6-22-14(20)13-11(12(17)10-18-13)8-7-9-19(5)15(21)23-16(2,3)4/h10,18H,6-9H2,1-5H3. The highest BCUT2D eigenvalue weighted by molar-refractivity contribution is 9.10. The maximum atomic E-state index is 11.9.